The minimum absolute atomic E-state index is 0.0529. The van der Waals surface area contributed by atoms with E-state index >= 15 is 0 Å². The number of rotatable bonds is 0. The van der Waals surface area contributed by atoms with E-state index in [9.17, 15) is 4.79 Å². The van der Waals surface area contributed by atoms with Crippen LogP contribution in [0.1, 0.15) is 70.3 Å². The van der Waals surface area contributed by atoms with Gasteiger partial charge in [-0.1, -0.05) is 68.5 Å². The highest BCUT2D eigenvalue weighted by Gasteiger charge is 2.44. The molecule has 1 amide bonds. The van der Waals surface area contributed by atoms with Crippen molar-refractivity contribution < 1.29 is 4.79 Å². The minimum atomic E-state index is -0.477. The van der Waals surface area contributed by atoms with E-state index in [4.69, 9.17) is 5.11 Å². The van der Waals surface area contributed by atoms with Gasteiger partial charge in [0.05, 0.1) is 12.1 Å². The SMILES string of the molecule is CC(C)(C)C(=O)N1Cc2ccccc2C2N=NN(C(C)(C)C)C2c2ccccc21. The Morgan fingerprint density at radius 1 is 0.931 bits per heavy atom. The largest absolute Gasteiger partial charge is 0.307 e. The van der Waals surface area contributed by atoms with Crippen LogP contribution in [0, 0.1) is 5.41 Å². The third-order valence-electron chi connectivity index (χ3n) is 5.66. The minimum Gasteiger partial charge on any atom is -0.307 e. The van der Waals surface area contributed by atoms with Crippen LogP contribution in [-0.2, 0) is 11.3 Å². The molecule has 29 heavy (non-hydrogen) atoms. The second-order valence-electron chi connectivity index (χ2n) is 10.0. The average molecular weight is 391 g/mol. The van der Waals surface area contributed by atoms with E-state index in [0.717, 1.165) is 22.4 Å². The van der Waals surface area contributed by atoms with E-state index in [1.165, 1.54) is 0 Å². The van der Waals surface area contributed by atoms with Gasteiger partial charge in [-0.2, -0.15) is 5.11 Å². The van der Waals surface area contributed by atoms with Gasteiger partial charge in [0.15, 0.2) is 0 Å². The molecule has 0 saturated carbocycles. The molecule has 2 atom stereocenters. The van der Waals surface area contributed by atoms with E-state index in [-0.39, 0.29) is 23.5 Å². The molecular weight excluding hydrogens is 360 g/mol. The Balaban J connectivity index is 1.96. The molecule has 0 fully saturated rings. The van der Waals surface area contributed by atoms with E-state index in [2.05, 4.69) is 61.3 Å². The highest BCUT2D eigenvalue weighted by molar-refractivity contribution is 5.97. The summed E-state index contributed by atoms with van der Waals surface area (Å²) in [6.07, 6.45) is 0. The molecule has 0 N–H and O–H groups in total. The average Bonchev–Trinajstić information content (AvgIpc) is 3.09. The Morgan fingerprint density at radius 2 is 1.55 bits per heavy atom. The number of carbonyl (C=O) groups is 1. The van der Waals surface area contributed by atoms with Gasteiger partial charge in [-0.3, -0.25) is 9.80 Å². The fourth-order valence-corrected chi connectivity index (χ4v) is 4.24. The van der Waals surface area contributed by atoms with Crippen LogP contribution >= 0.6 is 0 Å². The summed E-state index contributed by atoms with van der Waals surface area (Å²) in [4.78, 5) is 15.4. The van der Waals surface area contributed by atoms with E-state index in [1.54, 1.807) is 0 Å². The zero-order valence-corrected chi connectivity index (χ0v) is 18.2. The summed E-state index contributed by atoms with van der Waals surface area (Å²) in [5, 5.41) is 11.4. The fraction of sp³-hybridized carbons (Fsp3) is 0.458. The first-order chi connectivity index (χ1) is 13.6. The zero-order valence-electron chi connectivity index (χ0n) is 18.2. The Morgan fingerprint density at radius 3 is 2.21 bits per heavy atom. The summed E-state index contributed by atoms with van der Waals surface area (Å²) in [6, 6.07) is 16.4. The van der Waals surface area contributed by atoms with Gasteiger partial charge in [-0.25, -0.2) is 0 Å². The molecule has 4 rings (SSSR count). The van der Waals surface area contributed by atoms with Crippen LogP contribution in [0.4, 0.5) is 5.69 Å². The van der Waals surface area contributed by atoms with Gasteiger partial charge in [0, 0.05) is 16.7 Å². The lowest BCUT2D eigenvalue weighted by Gasteiger charge is -2.40. The highest BCUT2D eigenvalue weighted by atomic mass is 16.2. The van der Waals surface area contributed by atoms with Crippen LogP contribution in [0.25, 0.3) is 0 Å². The molecule has 0 radical (unpaired) electrons. The predicted octanol–water partition coefficient (Wildman–Crippen LogP) is 5.84. The molecule has 5 nitrogen and oxygen atoms in total. The topological polar surface area (TPSA) is 48.3 Å². The molecule has 0 bridgehead atoms. The third-order valence-corrected chi connectivity index (χ3v) is 5.66. The molecule has 0 aromatic heterocycles. The number of benzene rings is 2. The molecule has 2 unspecified atom stereocenters. The van der Waals surface area contributed by atoms with Crippen molar-refractivity contribution in [2.75, 3.05) is 4.90 Å². The first kappa shape index (κ1) is 19.6. The molecule has 2 heterocycles. The van der Waals surface area contributed by atoms with Crippen LogP contribution in [-0.4, -0.2) is 16.5 Å². The van der Waals surface area contributed by atoms with Crippen molar-refractivity contribution in [2.24, 2.45) is 15.8 Å². The van der Waals surface area contributed by atoms with Gasteiger partial charge >= 0.3 is 0 Å². The van der Waals surface area contributed by atoms with E-state index in [1.807, 2.05) is 43.9 Å². The quantitative estimate of drug-likeness (QED) is 0.567. The summed E-state index contributed by atoms with van der Waals surface area (Å²) in [6.45, 7) is 12.9. The Labute approximate surface area is 173 Å². The summed E-state index contributed by atoms with van der Waals surface area (Å²) in [5.74, 6) is 0.118. The van der Waals surface area contributed by atoms with Crippen molar-refractivity contribution >= 4 is 11.6 Å². The number of fused-ring (bicyclic) bond motifs is 5. The van der Waals surface area contributed by atoms with Crippen molar-refractivity contribution in [3.8, 4) is 0 Å². The first-order valence-corrected chi connectivity index (χ1v) is 10.3. The van der Waals surface area contributed by atoms with Crippen molar-refractivity contribution in [3.05, 3.63) is 65.2 Å². The van der Waals surface area contributed by atoms with Crippen LogP contribution in [0.3, 0.4) is 0 Å². The molecule has 0 saturated heterocycles. The summed E-state index contributed by atoms with van der Waals surface area (Å²) >= 11 is 0. The second kappa shape index (κ2) is 6.68. The number of nitrogens with zero attached hydrogens (tertiary/aromatic N) is 4. The van der Waals surface area contributed by atoms with Gasteiger partial charge in [0.2, 0.25) is 5.91 Å². The zero-order chi connectivity index (χ0) is 21.0. The maximum atomic E-state index is 13.5. The summed E-state index contributed by atoms with van der Waals surface area (Å²) in [7, 11) is 0. The Bertz CT molecular complexity index is 967. The van der Waals surface area contributed by atoms with Crippen molar-refractivity contribution in [2.45, 2.75) is 65.7 Å². The number of amides is 1. The maximum absolute atomic E-state index is 13.5. The lowest BCUT2D eigenvalue weighted by Crippen LogP contribution is -2.43. The third kappa shape index (κ3) is 3.33. The van der Waals surface area contributed by atoms with Gasteiger partial charge < -0.3 is 4.90 Å². The number of anilines is 1. The molecule has 2 aliphatic rings. The standard InChI is InChI=1S/C24H30N4O/c1-23(2,3)22(29)27-15-16-11-7-8-12-17(16)20-21(18-13-9-10-14-19(18)27)28(26-25-20)24(4,5)6/h7-14,20-21H,15H2,1-6H3. The summed E-state index contributed by atoms with van der Waals surface area (Å²) in [5.41, 5.74) is 3.67. The molecular formula is C24H30N4O. The molecule has 0 aliphatic carbocycles. The maximum Gasteiger partial charge on any atom is 0.232 e. The monoisotopic (exact) mass is 390 g/mol. The predicted molar refractivity (Wildman–Crippen MR) is 115 cm³/mol. The first-order valence-electron chi connectivity index (χ1n) is 10.3. The fourth-order valence-electron chi connectivity index (χ4n) is 4.24. The highest BCUT2D eigenvalue weighted by Crippen LogP contribution is 2.50. The molecule has 2 aromatic carbocycles. The molecule has 5 heteroatoms. The van der Waals surface area contributed by atoms with Crippen LogP contribution in [0.15, 0.2) is 58.9 Å². The second-order valence-corrected chi connectivity index (χ2v) is 10.0. The van der Waals surface area contributed by atoms with E-state index < -0.39 is 5.41 Å². The molecule has 2 aliphatic heterocycles. The van der Waals surface area contributed by atoms with Gasteiger partial charge in [-0.05, 0) is 38.0 Å². The number of carbonyl (C=O) groups excluding carboxylic acids is 1. The van der Waals surface area contributed by atoms with Crippen molar-refractivity contribution in [1.82, 2.24) is 5.01 Å². The van der Waals surface area contributed by atoms with Crippen LogP contribution < -0.4 is 4.90 Å². The van der Waals surface area contributed by atoms with Gasteiger partial charge in [-0.15, -0.1) is 0 Å². The number of para-hydroxylation sites is 1. The van der Waals surface area contributed by atoms with E-state index in [0.29, 0.717) is 6.54 Å². The van der Waals surface area contributed by atoms with Gasteiger partial charge in [0.1, 0.15) is 12.1 Å². The van der Waals surface area contributed by atoms with Crippen LogP contribution in [0.5, 0.6) is 0 Å². The lowest BCUT2D eigenvalue weighted by molar-refractivity contribution is -0.125. The summed E-state index contributed by atoms with van der Waals surface area (Å²) < 4.78 is 0. The van der Waals surface area contributed by atoms with Crippen molar-refractivity contribution in [1.29, 1.82) is 0 Å². The number of hydrogen-bond acceptors (Lipinski definition) is 4. The molecule has 152 valence electrons. The van der Waals surface area contributed by atoms with Crippen molar-refractivity contribution in [3.63, 3.8) is 0 Å². The molecule has 0 spiro atoms. The Hall–Kier alpha value is -2.69. The number of hydrogen-bond donors (Lipinski definition) is 0. The Kier molecular flexibility index (Phi) is 4.52. The lowest BCUT2D eigenvalue weighted by atomic mass is 9.85. The smallest absolute Gasteiger partial charge is 0.232 e. The normalized spacial score (nSPS) is 21.2. The van der Waals surface area contributed by atoms with Gasteiger partial charge in [0.25, 0.3) is 0 Å². The molecule has 2 aromatic rings. The van der Waals surface area contributed by atoms with Crippen LogP contribution in [0.2, 0.25) is 0 Å².